The Balaban J connectivity index is 2.60. The molecule has 0 aromatic heterocycles. The second-order valence-corrected chi connectivity index (χ2v) is 5.23. The van der Waals surface area contributed by atoms with Gasteiger partial charge in [0.25, 0.3) is 0 Å². The maximum atomic E-state index is 12.1. The summed E-state index contributed by atoms with van der Waals surface area (Å²) in [6.45, 7) is 6.13. The minimum atomic E-state index is -0.568. The highest BCUT2D eigenvalue weighted by molar-refractivity contribution is 5.82. The third-order valence-corrected chi connectivity index (χ3v) is 3.71. The summed E-state index contributed by atoms with van der Waals surface area (Å²) >= 11 is 0. The summed E-state index contributed by atoms with van der Waals surface area (Å²) in [6.07, 6.45) is 2.22. The lowest BCUT2D eigenvalue weighted by Gasteiger charge is -2.29. The van der Waals surface area contributed by atoms with Gasteiger partial charge in [-0.3, -0.25) is 4.79 Å². The van der Waals surface area contributed by atoms with Crippen molar-refractivity contribution in [3.8, 4) is 5.75 Å². The fourth-order valence-corrected chi connectivity index (χ4v) is 1.80. The molecule has 1 unspecified atom stereocenters. The highest BCUT2D eigenvalue weighted by Crippen LogP contribution is 2.15. The van der Waals surface area contributed by atoms with Gasteiger partial charge in [-0.2, -0.15) is 0 Å². The van der Waals surface area contributed by atoms with E-state index >= 15 is 0 Å². The molecule has 4 nitrogen and oxygen atoms in total. The van der Waals surface area contributed by atoms with Crippen molar-refractivity contribution in [3.05, 3.63) is 29.8 Å². The lowest BCUT2D eigenvalue weighted by Crippen LogP contribution is -2.52. The zero-order valence-electron chi connectivity index (χ0n) is 11.9. The fraction of sp³-hybridized carbons (Fsp3) is 0.533. The van der Waals surface area contributed by atoms with E-state index in [4.69, 9.17) is 5.73 Å². The maximum absolute atomic E-state index is 12.1. The normalized spacial score (nSPS) is 13.1. The van der Waals surface area contributed by atoms with Gasteiger partial charge in [0.05, 0.1) is 6.04 Å². The first-order chi connectivity index (χ1) is 8.90. The Morgan fingerprint density at radius 3 is 2.32 bits per heavy atom. The molecule has 1 rings (SSSR count). The van der Waals surface area contributed by atoms with E-state index in [0.29, 0.717) is 6.42 Å². The molecule has 0 fully saturated rings. The van der Waals surface area contributed by atoms with Crippen molar-refractivity contribution >= 4 is 5.91 Å². The van der Waals surface area contributed by atoms with Crippen LogP contribution in [0.4, 0.5) is 0 Å². The van der Waals surface area contributed by atoms with Gasteiger partial charge in [0, 0.05) is 5.54 Å². The number of phenols is 1. The summed E-state index contributed by atoms with van der Waals surface area (Å²) in [4.78, 5) is 12.1. The average molecular weight is 264 g/mol. The number of nitrogens with one attached hydrogen (secondary N) is 1. The van der Waals surface area contributed by atoms with Crippen LogP contribution in [-0.2, 0) is 11.2 Å². The van der Waals surface area contributed by atoms with Crippen LogP contribution >= 0.6 is 0 Å². The number of rotatable bonds is 6. The minimum absolute atomic E-state index is 0.126. The molecule has 106 valence electrons. The van der Waals surface area contributed by atoms with Gasteiger partial charge < -0.3 is 16.2 Å². The largest absolute Gasteiger partial charge is 0.508 e. The third kappa shape index (κ3) is 4.56. The van der Waals surface area contributed by atoms with Gasteiger partial charge in [-0.25, -0.2) is 0 Å². The first-order valence-electron chi connectivity index (χ1n) is 6.75. The van der Waals surface area contributed by atoms with Crippen molar-refractivity contribution in [2.75, 3.05) is 0 Å². The zero-order valence-corrected chi connectivity index (χ0v) is 11.9. The summed E-state index contributed by atoms with van der Waals surface area (Å²) in [6, 6.07) is 6.19. The van der Waals surface area contributed by atoms with Gasteiger partial charge in [-0.05, 0) is 43.9 Å². The summed E-state index contributed by atoms with van der Waals surface area (Å²) in [5.41, 5.74) is 6.68. The van der Waals surface area contributed by atoms with Crippen molar-refractivity contribution in [3.63, 3.8) is 0 Å². The number of aromatic hydroxyl groups is 1. The van der Waals surface area contributed by atoms with E-state index in [9.17, 15) is 9.90 Å². The molecule has 0 saturated heterocycles. The number of hydrogen-bond donors (Lipinski definition) is 3. The predicted octanol–water partition coefficient (Wildman–Crippen LogP) is 1.96. The van der Waals surface area contributed by atoms with Gasteiger partial charge in [0.1, 0.15) is 5.75 Å². The molecule has 1 aromatic carbocycles. The van der Waals surface area contributed by atoms with Crippen LogP contribution in [0.3, 0.4) is 0 Å². The summed E-state index contributed by atoms with van der Waals surface area (Å²) in [5, 5.41) is 12.2. The second kappa shape index (κ2) is 6.57. The Hall–Kier alpha value is -1.55. The molecule has 1 amide bonds. The van der Waals surface area contributed by atoms with Gasteiger partial charge in [0.15, 0.2) is 0 Å². The van der Waals surface area contributed by atoms with Crippen LogP contribution in [0.25, 0.3) is 0 Å². The zero-order chi connectivity index (χ0) is 14.5. The van der Waals surface area contributed by atoms with Crippen LogP contribution in [0, 0.1) is 0 Å². The van der Waals surface area contributed by atoms with Gasteiger partial charge in [-0.15, -0.1) is 0 Å². The number of benzene rings is 1. The quantitative estimate of drug-likeness (QED) is 0.735. The highest BCUT2D eigenvalue weighted by atomic mass is 16.3. The van der Waals surface area contributed by atoms with E-state index in [2.05, 4.69) is 19.2 Å². The number of carbonyl (C=O) groups is 1. The Bertz CT molecular complexity index is 411. The maximum Gasteiger partial charge on any atom is 0.237 e. The molecular weight excluding hydrogens is 240 g/mol. The molecule has 1 aromatic rings. The van der Waals surface area contributed by atoms with Crippen molar-refractivity contribution in [2.24, 2.45) is 5.73 Å². The molecule has 0 heterocycles. The van der Waals surface area contributed by atoms with E-state index in [1.54, 1.807) is 24.3 Å². The number of phenolic OH excluding ortho intramolecular Hbond substituents is 1. The Morgan fingerprint density at radius 2 is 1.84 bits per heavy atom. The van der Waals surface area contributed by atoms with Crippen LogP contribution in [0.2, 0.25) is 0 Å². The molecule has 4 heteroatoms. The lowest BCUT2D eigenvalue weighted by molar-refractivity contribution is -0.124. The highest BCUT2D eigenvalue weighted by Gasteiger charge is 2.24. The van der Waals surface area contributed by atoms with Crippen molar-refractivity contribution in [1.29, 1.82) is 0 Å². The van der Waals surface area contributed by atoms with Gasteiger partial charge in [0.2, 0.25) is 5.91 Å². The average Bonchev–Trinajstić information content (AvgIpc) is 2.41. The molecule has 0 spiro atoms. The number of hydrogen-bond acceptors (Lipinski definition) is 3. The molecule has 0 aliphatic heterocycles. The van der Waals surface area contributed by atoms with E-state index in [0.717, 1.165) is 18.4 Å². The van der Waals surface area contributed by atoms with Crippen molar-refractivity contribution in [2.45, 2.75) is 51.6 Å². The van der Waals surface area contributed by atoms with E-state index < -0.39 is 6.04 Å². The minimum Gasteiger partial charge on any atom is -0.508 e. The molecular formula is C15H24N2O2. The topological polar surface area (TPSA) is 75.4 Å². The standard InChI is InChI=1S/C15H24N2O2/c1-4-15(3,5-2)17-14(19)13(16)10-11-6-8-12(18)9-7-11/h6-9,13,18H,4-5,10,16H2,1-3H3,(H,17,19). The van der Waals surface area contributed by atoms with Crippen LogP contribution in [0.5, 0.6) is 5.75 Å². The number of nitrogens with two attached hydrogens (primary N) is 1. The van der Waals surface area contributed by atoms with Crippen LogP contribution in [-0.4, -0.2) is 22.6 Å². The van der Waals surface area contributed by atoms with Gasteiger partial charge in [-0.1, -0.05) is 26.0 Å². The first-order valence-corrected chi connectivity index (χ1v) is 6.75. The molecule has 0 bridgehead atoms. The first kappa shape index (κ1) is 15.5. The van der Waals surface area contributed by atoms with Crippen molar-refractivity contribution in [1.82, 2.24) is 5.32 Å². The Kier molecular flexibility index (Phi) is 5.36. The lowest BCUT2D eigenvalue weighted by atomic mass is 9.94. The third-order valence-electron chi connectivity index (χ3n) is 3.71. The van der Waals surface area contributed by atoms with Gasteiger partial charge >= 0.3 is 0 Å². The smallest absolute Gasteiger partial charge is 0.237 e. The van der Waals surface area contributed by atoms with E-state index in [1.807, 2.05) is 6.92 Å². The molecule has 19 heavy (non-hydrogen) atoms. The molecule has 0 aliphatic carbocycles. The Morgan fingerprint density at radius 1 is 1.32 bits per heavy atom. The van der Waals surface area contributed by atoms with Crippen LogP contribution < -0.4 is 11.1 Å². The number of amides is 1. The Labute approximate surface area is 115 Å². The van der Waals surface area contributed by atoms with E-state index in [1.165, 1.54) is 0 Å². The number of carbonyl (C=O) groups excluding carboxylic acids is 1. The molecule has 0 aliphatic rings. The molecule has 0 radical (unpaired) electrons. The monoisotopic (exact) mass is 264 g/mol. The van der Waals surface area contributed by atoms with Crippen LogP contribution in [0.15, 0.2) is 24.3 Å². The predicted molar refractivity (Wildman–Crippen MR) is 76.9 cm³/mol. The summed E-state index contributed by atoms with van der Waals surface area (Å²) in [7, 11) is 0. The van der Waals surface area contributed by atoms with E-state index in [-0.39, 0.29) is 17.2 Å². The van der Waals surface area contributed by atoms with Crippen LogP contribution in [0.1, 0.15) is 39.2 Å². The molecule has 0 saturated carbocycles. The van der Waals surface area contributed by atoms with Crippen molar-refractivity contribution < 1.29 is 9.90 Å². The summed E-state index contributed by atoms with van der Waals surface area (Å²) in [5.74, 6) is 0.0885. The molecule has 4 N–H and O–H groups in total. The SMILES string of the molecule is CCC(C)(CC)NC(=O)C(N)Cc1ccc(O)cc1. The summed E-state index contributed by atoms with van der Waals surface area (Å²) < 4.78 is 0. The second-order valence-electron chi connectivity index (χ2n) is 5.23. The fourth-order valence-electron chi connectivity index (χ4n) is 1.80. The molecule has 1 atom stereocenters.